The third-order valence-electron chi connectivity index (χ3n) is 5.33. The molecule has 176 valence electrons. The smallest absolute Gasteiger partial charge is 0.278 e. The van der Waals surface area contributed by atoms with Crippen LogP contribution in [0.5, 0.6) is 17.2 Å². The Hall–Kier alpha value is -4.93. The number of anilines is 1. The number of hydrogen-bond donors (Lipinski definition) is 1. The van der Waals surface area contributed by atoms with Gasteiger partial charge in [0.05, 0.1) is 16.3 Å². The number of nitro benzene ring substituents is 1. The fraction of sp³-hybridized carbons (Fsp3) is 0.125. The summed E-state index contributed by atoms with van der Waals surface area (Å²) >= 11 is 0. The van der Waals surface area contributed by atoms with Crippen LogP contribution in [0.1, 0.15) is 21.7 Å². The Bertz CT molecular complexity index is 1430. The summed E-state index contributed by atoms with van der Waals surface area (Å²) in [5.74, 6) is 1.50. The monoisotopic (exact) mass is 473 g/mol. The molecule has 0 unspecified atom stereocenters. The lowest BCUT2D eigenvalue weighted by Crippen LogP contribution is -2.14. The summed E-state index contributed by atoms with van der Waals surface area (Å²) in [5.41, 5.74) is 2.32. The van der Waals surface area contributed by atoms with Gasteiger partial charge in [-0.05, 0) is 42.8 Å². The van der Waals surface area contributed by atoms with Crippen LogP contribution in [0.4, 0.5) is 11.4 Å². The lowest BCUT2D eigenvalue weighted by Gasteiger charge is -2.09. The molecular weight excluding hydrogens is 454 g/mol. The van der Waals surface area contributed by atoms with Gasteiger partial charge in [0.2, 0.25) is 6.79 Å². The molecule has 35 heavy (non-hydrogen) atoms. The number of nitro groups is 1. The van der Waals surface area contributed by atoms with E-state index in [9.17, 15) is 14.9 Å². The molecule has 11 heteroatoms. The first-order valence-electron chi connectivity index (χ1n) is 10.6. The van der Waals surface area contributed by atoms with E-state index < -0.39 is 10.8 Å². The van der Waals surface area contributed by atoms with Crippen molar-refractivity contribution in [3.05, 3.63) is 93.8 Å². The van der Waals surface area contributed by atoms with Crippen LogP contribution in [0, 0.1) is 17.0 Å². The second kappa shape index (κ2) is 9.14. The molecule has 1 aliphatic rings. The standard InChI is InChI=1S/C24H19N5O6/c1-15-23(26-27-28(15)18-6-3-7-19(11-18)29(31)32)24(30)25-17-5-2-4-16(10-17)13-33-20-8-9-21-22(12-20)35-14-34-21/h2-12H,13-14H2,1H3,(H,25,30). The fourth-order valence-corrected chi connectivity index (χ4v) is 3.59. The molecule has 11 nitrogen and oxygen atoms in total. The number of rotatable bonds is 7. The van der Waals surface area contributed by atoms with E-state index in [-0.39, 0.29) is 24.8 Å². The van der Waals surface area contributed by atoms with E-state index >= 15 is 0 Å². The SMILES string of the molecule is Cc1c(C(=O)Nc2cccc(COc3ccc4c(c3)OCO4)c2)nnn1-c1cccc([N+](=O)[O-])c1. The van der Waals surface area contributed by atoms with E-state index in [0.29, 0.717) is 34.3 Å². The molecule has 0 saturated carbocycles. The number of ether oxygens (including phenoxy) is 3. The normalized spacial score (nSPS) is 11.8. The lowest BCUT2D eigenvalue weighted by atomic mass is 10.2. The molecule has 5 rings (SSSR count). The minimum Gasteiger partial charge on any atom is -0.489 e. The molecule has 1 aromatic heterocycles. The summed E-state index contributed by atoms with van der Waals surface area (Å²) in [6.45, 7) is 2.15. The number of amides is 1. The Morgan fingerprint density at radius 2 is 1.94 bits per heavy atom. The zero-order chi connectivity index (χ0) is 24.4. The number of carbonyl (C=O) groups excluding carboxylic acids is 1. The molecule has 0 bridgehead atoms. The Balaban J connectivity index is 1.27. The molecule has 0 atom stereocenters. The maximum Gasteiger partial charge on any atom is 0.278 e. The number of carbonyl (C=O) groups is 1. The predicted molar refractivity (Wildman–Crippen MR) is 124 cm³/mol. The maximum absolute atomic E-state index is 12.9. The third-order valence-corrected chi connectivity index (χ3v) is 5.33. The van der Waals surface area contributed by atoms with Crippen LogP contribution in [0.25, 0.3) is 5.69 Å². The molecular formula is C24H19N5O6. The van der Waals surface area contributed by atoms with Gasteiger partial charge in [-0.2, -0.15) is 0 Å². The molecule has 2 heterocycles. The molecule has 0 fully saturated rings. The highest BCUT2D eigenvalue weighted by atomic mass is 16.7. The van der Waals surface area contributed by atoms with E-state index in [1.165, 1.54) is 16.8 Å². The summed E-state index contributed by atoms with van der Waals surface area (Å²) in [6.07, 6.45) is 0. The van der Waals surface area contributed by atoms with Crippen molar-refractivity contribution >= 4 is 17.3 Å². The van der Waals surface area contributed by atoms with Gasteiger partial charge in [-0.1, -0.05) is 23.4 Å². The zero-order valence-corrected chi connectivity index (χ0v) is 18.5. The summed E-state index contributed by atoms with van der Waals surface area (Å²) in [5, 5.41) is 21.8. The number of hydrogen-bond acceptors (Lipinski definition) is 8. The molecule has 1 N–H and O–H groups in total. The second-order valence-electron chi connectivity index (χ2n) is 7.67. The molecule has 0 saturated heterocycles. The van der Waals surface area contributed by atoms with Gasteiger partial charge >= 0.3 is 0 Å². The molecule has 0 aliphatic carbocycles. The summed E-state index contributed by atoms with van der Waals surface area (Å²) < 4.78 is 17.9. The first-order valence-corrected chi connectivity index (χ1v) is 10.6. The van der Waals surface area contributed by atoms with Gasteiger partial charge in [-0.25, -0.2) is 4.68 Å². The van der Waals surface area contributed by atoms with E-state index in [1.54, 1.807) is 55.5 Å². The summed E-state index contributed by atoms with van der Waals surface area (Å²) in [7, 11) is 0. The Labute approximate surface area is 199 Å². The Kier molecular flexibility index (Phi) is 5.71. The largest absolute Gasteiger partial charge is 0.489 e. The first kappa shape index (κ1) is 21.9. The van der Waals surface area contributed by atoms with Crippen LogP contribution in [-0.2, 0) is 6.61 Å². The van der Waals surface area contributed by atoms with Crippen molar-refractivity contribution < 1.29 is 23.9 Å². The van der Waals surface area contributed by atoms with Crippen LogP contribution in [0.2, 0.25) is 0 Å². The van der Waals surface area contributed by atoms with Gasteiger partial charge in [-0.15, -0.1) is 5.10 Å². The lowest BCUT2D eigenvalue weighted by molar-refractivity contribution is -0.384. The molecule has 1 amide bonds. The van der Waals surface area contributed by atoms with Crippen LogP contribution in [0.3, 0.4) is 0 Å². The zero-order valence-electron chi connectivity index (χ0n) is 18.5. The van der Waals surface area contributed by atoms with Gasteiger partial charge in [0.1, 0.15) is 12.4 Å². The van der Waals surface area contributed by atoms with Crippen LogP contribution in [-0.4, -0.2) is 32.6 Å². The van der Waals surface area contributed by atoms with Crippen LogP contribution < -0.4 is 19.5 Å². The Morgan fingerprint density at radius 3 is 2.80 bits per heavy atom. The maximum atomic E-state index is 12.9. The average Bonchev–Trinajstić information content (AvgIpc) is 3.49. The number of non-ortho nitro benzene ring substituents is 1. The average molecular weight is 473 g/mol. The quantitative estimate of drug-likeness (QED) is 0.314. The van der Waals surface area contributed by atoms with E-state index in [2.05, 4.69) is 15.6 Å². The number of fused-ring (bicyclic) bond motifs is 1. The Morgan fingerprint density at radius 1 is 1.11 bits per heavy atom. The number of nitrogens with zero attached hydrogens (tertiary/aromatic N) is 4. The fourth-order valence-electron chi connectivity index (χ4n) is 3.59. The molecule has 4 aromatic rings. The van der Waals surface area contributed by atoms with Crippen molar-refractivity contribution in [3.63, 3.8) is 0 Å². The van der Waals surface area contributed by atoms with Gasteiger partial charge in [0.25, 0.3) is 11.6 Å². The van der Waals surface area contributed by atoms with Crippen molar-refractivity contribution in [1.29, 1.82) is 0 Å². The topological polar surface area (TPSA) is 131 Å². The van der Waals surface area contributed by atoms with E-state index in [1.807, 2.05) is 6.07 Å². The van der Waals surface area contributed by atoms with Gasteiger partial charge in [-0.3, -0.25) is 14.9 Å². The highest BCUT2D eigenvalue weighted by Crippen LogP contribution is 2.35. The van der Waals surface area contributed by atoms with Crippen LogP contribution >= 0.6 is 0 Å². The van der Waals surface area contributed by atoms with Crippen LogP contribution in [0.15, 0.2) is 66.7 Å². The molecule has 0 spiro atoms. The van der Waals surface area contributed by atoms with Crippen molar-refractivity contribution in [2.24, 2.45) is 0 Å². The van der Waals surface area contributed by atoms with E-state index in [4.69, 9.17) is 14.2 Å². The molecule has 0 radical (unpaired) electrons. The predicted octanol–water partition coefficient (Wildman–Crippen LogP) is 4.04. The number of nitrogens with one attached hydrogen (secondary N) is 1. The summed E-state index contributed by atoms with van der Waals surface area (Å²) in [6, 6.07) is 18.5. The molecule has 3 aromatic carbocycles. The minimum absolute atomic E-state index is 0.0804. The van der Waals surface area contributed by atoms with Crippen molar-refractivity contribution in [1.82, 2.24) is 15.0 Å². The van der Waals surface area contributed by atoms with Gasteiger partial charge in [0, 0.05) is 23.9 Å². The second-order valence-corrected chi connectivity index (χ2v) is 7.67. The highest BCUT2D eigenvalue weighted by molar-refractivity contribution is 6.03. The highest BCUT2D eigenvalue weighted by Gasteiger charge is 2.19. The minimum atomic E-state index is -0.493. The van der Waals surface area contributed by atoms with Gasteiger partial charge in [0.15, 0.2) is 17.2 Å². The molecule has 1 aliphatic heterocycles. The first-order chi connectivity index (χ1) is 17.0. The van der Waals surface area contributed by atoms with Crippen molar-refractivity contribution in [3.8, 4) is 22.9 Å². The number of aromatic nitrogens is 3. The van der Waals surface area contributed by atoms with Crippen molar-refractivity contribution in [2.75, 3.05) is 12.1 Å². The van der Waals surface area contributed by atoms with Crippen molar-refractivity contribution in [2.45, 2.75) is 13.5 Å². The number of benzene rings is 3. The third kappa shape index (κ3) is 4.60. The van der Waals surface area contributed by atoms with Gasteiger partial charge < -0.3 is 19.5 Å². The van der Waals surface area contributed by atoms with E-state index in [0.717, 1.165) is 5.56 Å². The summed E-state index contributed by atoms with van der Waals surface area (Å²) in [4.78, 5) is 23.4.